The molecule has 0 spiro atoms. The van der Waals surface area contributed by atoms with Crippen LogP contribution >= 0.6 is 0 Å². The van der Waals surface area contributed by atoms with E-state index in [4.69, 9.17) is 0 Å². The lowest BCUT2D eigenvalue weighted by molar-refractivity contribution is -0.387. The molecule has 124 valence electrons. The molecule has 2 aromatic rings. The third kappa shape index (κ3) is 3.67. The standard InChI is InChI=1S/C14H18N4O4S/c1-4-17(10-11-8-15-16(2)9-11)12-6-5-7-13(23(3,21)22)14(12)18(19)20/h5-9H,4,10H2,1-3H3. The fraction of sp³-hybridized carbons (Fsp3) is 0.357. The Morgan fingerprint density at radius 1 is 1.39 bits per heavy atom. The van der Waals surface area contributed by atoms with Gasteiger partial charge in [-0.3, -0.25) is 14.8 Å². The first-order chi connectivity index (χ1) is 10.7. The molecule has 0 aliphatic carbocycles. The number of hydrogen-bond donors (Lipinski definition) is 0. The molecule has 0 radical (unpaired) electrons. The van der Waals surface area contributed by atoms with Gasteiger partial charge in [-0.1, -0.05) is 6.07 Å². The highest BCUT2D eigenvalue weighted by Crippen LogP contribution is 2.35. The largest absolute Gasteiger partial charge is 0.362 e. The second kappa shape index (κ2) is 6.37. The van der Waals surface area contributed by atoms with E-state index in [1.165, 1.54) is 12.1 Å². The molecule has 1 aromatic heterocycles. The monoisotopic (exact) mass is 338 g/mol. The molecule has 8 nitrogen and oxygen atoms in total. The Hall–Kier alpha value is -2.42. The Bertz CT molecular complexity index is 829. The molecule has 0 fully saturated rings. The zero-order valence-corrected chi connectivity index (χ0v) is 13.9. The summed E-state index contributed by atoms with van der Waals surface area (Å²) in [6.07, 6.45) is 4.46. The van der Waals surface area contributed by atoms with Crippen molar-refractivity contribution in [2.45, 2.75) is 18.4 Å². The van der Waals surface area contributed by atoms with E-state index < -0.39 is 14.8 Å². The molecular formula is C14H18N4O4S. The van der Waals surface area contributed by atoms with Crippen LogP contribution in [0.3, 0.4) is 0 Å². The van der Waals surface area contributed by atoms with E-state index in [1.54, 1.807) is 28.9 Å². The topological polar surface area (TPSA) is 98.3 Å². The number of hydrogen-bond acceptors (Lipinski definition) is 6. The van der Waals surface area contributed by atoms with Crippen LogP contribution in [0.1, 0.15) is 12.5 Å². The first-order valence-electron chi connectivity index (χ1n) is 6.94. The molecule has 0 N–H and O–H groups in total. The van der Waals surface area contributed by atoms with Gasteiger partial charge in [0.25, 0.3) is 0 Å². The Morgan fingerprint density at radius 3 is 2.57 bits per heavy atom. The summed E-state index contributed by atoms with van der Waals surface area (Å²) in [4.78, 5) is 12.3. The highest BCUT2D eigenvalue weighted by Gasteiger charge is 2.28. The number of anilines is 1. The summed E-state index contributed by atoms with van der Waals surface area (Å²) >= 11 is 0. The summed E-state index contributed by atoms with van der Waals surface area (Å²) in [5.41, 5.74) is 0.776. The van der Waals surface area contributed by atoms with Crippen LogP contribution in [0.2, 0.25) is 0 Å². The maximum absolute atomic E-state index is 11.8. The number of aromatic nitrogens is 2. The molecule has 2 rings (SSSR count). The van der Waals surface area contributed by atoms with Crippen molar-refractivity contribution in [3.8, 4) is 0 Å². The van der Waals surface area contributed by atoms with Crippen molar-refractivity contribution in [1.82, 2.24) is 9.78 Å². The van der Waals surface area contributed by atoms with Crippen molar-refractivity contribution in [2.75, 3.05) is 17.7 Å². The molecule has 0 aliphatic rings. The number of rotatable bonds is 6. The Labute approximate surface area is 134 Å². The Kier molecular flexibility index (Phi) is 4.69. The number of para-hydroxylation sites is 1. The van der Waals surface area contributed by atoms with E-state index >= 15 is 0 Å². The molecular weight excluding hydrogens is 320 g/mol. The Balaban J connectivity index is 2.53. The normalized spacial score (nSPS) is 11.4. The van der Waals surface area contributed by atoms with Gasteiger partial charge in [-0.15, -0.1) is 0 Å². The fourth-order valence-corrected chi connectivity index (χ4v) is 3.25. The van der Waals surface area contributed by atoms with Crippen LogP contribution in [0.5, 0.6) is 0 Å². The zero-order chi connectivity index (χ0) is 17.2. The van der Waals surface area contributed by atoms with Crippen molar-refractivity contribution in [1.29, 1.82) is 0 Å². The third-order valence-corrected chi connectivity index (χ3v) is 4.54. The van der Waals surface area contributed by atoms with Crippen molar-refractivity contribution in [3.63, 3.8) is 0 Å². The van der Waals surface area contributed by atoms with Crippen LogP contribution in [-0.4, -0.2) is 35.9 Å². The van der Waals surface area contributed by atoms with Gasteiger partial charge in [0.2, 0.25) is 0 Å². The molecule has 0 amide bonds. The molecule has 0 unspecified atom stereocenters. The van der Waals surface area contributed by atoms with Gasteiger partial charge in [-0.05, 0) is 19.1 Å². The van der Waals surface area contributed by atoms with Gasteiger partial charge in [0.1, 0.15) is 10.6 Å². The summed E-state index contributed by atoms with van der Waals surface area (Å²) in [5, 5.41) is 15.5. The number of aryl methyl sites for hydroxylation is 1. The van der Waals surface area contributed by atoms with Crippen LogP contribution < -0.4 is 4.90 Å². The van der Waals surface area contributed by atoms with Gasteiger partial charge in [0.05, 0.1) is 11.1 Å². The van der Waals surface area contributed by atoms with Gasteiger partial charge in [0.15, 0.2) is 9.84 Å². The van der Waals surface area contributed by atoms with E-state index in [0.717, 1.165) is 11.8 Å². The van der Waals surface area contributed by atoms with Crippen LogP contribution in [0.4, 0.5) is 11.4 Å². The van der Waals surface area contributed by atoms with Crippen molar-refractivity contribution in [3.05, 3.63) is 46.3 Å². The van der Waals surface area contributed by atoms with Gasteiger partial charge in [-0.2, -0.15) is 5.10 Å². The first kappa shape index (κ1) is 16.9. The van der Waals surface area contributed by atoms with E-state index in [1.807, 2.05) is 13.1 Å². The second-order valence-corrected chi connectivity index (χ2v) is 7.17. The predicted molar refractivity (Wildman–Crippen MR) is 86.1 cm³/mol. The van der Waals surface area contributed by atoms with Gasteiger partial charge in [0, 0.05) is 38.2 Å². The first-order valence-corrected chi connectivity index (χ1v) is 8.83. The van der Waals surface area contributed by atoms with Crippen LogP contribution in [0.15, 0.2) is 35.5 Å². The van der Waals surface area contributed by atoms with Crippen molar-refractivity contribution < 1.29 is 13.3 Å². The minimum Gasteiger partial charge on any atom is -0.362 e. The highest BCUT2D eigenvalue weighted by molar-refractivity contribution is 7.90. The van der Waals surface area contributed by atoms with E-state index in [2.05, 4.69) is 5.10 Å². The maximum Gasteiger partial charge on any atom is 0.311 e. The number of nitro groups is 1. The highest BCUT2D eigenvalue weighted by atomic mass is 32.2. The predicted octanol–water partition coefficient (Wildman–Crippen LogP) is 1.76. The minimum atomic E-state index is -3.70. The minimum absolute atomic E-state index is 0.273. The zero-order valence-electron chi connectivity index (χ0n) is 13.1. The van der Waals surface area contributed by atoms with E-state index in [9.17, 15) is 18.5 Å². The van der Waals surface area contributed by atoms with Crippen LogP contribution in [0.25, 0.3) is 0 Å². The Morgan fingerprint density at radius 2 is 2.09 bits per heavy atom. The molecule has 1 aromatic carbocycles. The van der Waals surface area contributed by atoms with Gasteiger partial charge in [-0.25, -0.2) is 8.42 Å². The number of nitrogens with zero attached hydrogens (tertiary/aromatic N) is 4. The maximum atomic E-state index is 11.8. The average Bonchev–Trinajstić information content (AvgIpc) is 2.88. The molecule has 0 saturated heterocycles. The number of benzene rings is 1. The van der Waals surface area contributed by atoms with E-state index in [0.29, 0.717) is 13.1 Å². The molecule has 0 saturated carbocycles. The lowest BCUT2D eigenvalue weighted by Gasteiger charge is -2.22. The molecule has 0 aliphatic heterocycles. The average molecular weight is 338 g/mol. The summed E-state index contributed by atoms with van der Waals surface area (Å²) < 4.78 is 25.3. The molecule has 0 bridgehead atoms. The lowest BCUT2D eigenvalue weighted by Crippen LogP contribution is -2.23. The van der Waals surface area contributed by atoms with Crippen LogP contribution in [0, 0.1) is 10.1 Å². The van der Waals surface area contributed by atoms with Crippen molar-refractivity contribution >= 4 is 21.2 Å². The quantitative estimate of drug-likeness (QED) is 0.588. The molecule has 23 heavy (non-hydrogen) atoms. The molecule has 9 heteroatoms. The molecule has 1 heterocycles. The fourth-order valence-electron chi connectivity index (χ4n) is 2.39. The second-order valence-electron chi connectivity index (χ2n) is 5.19. The van der Waals surface area contributed by atoms with Gasteiger partial charge < -0.3 is 4.90 Å². The smallest absolute Gasteiger partial charge is 0.311 e. The number of sulfone groups is 1. The number of nitro benzene ring substituents is 1. The lowest BCUT2D eigenvalue weighted by atomic mass is 10.2. The SMILES string of the molecule is CCN(Cc1cnn(C)c1)c1cccc(S(C)(=O)=O)c1[N+](=O)[O-]. The molecule has 0 atom stereocenters. The van der Waals surface area contributed by atoms with Crippen molar-refractivity contribution in [2.24, 2.45) is 7.05 Å². The summed E-state index contributed by atoms with van der Waals surface area (Å²) in [7, 11) is -1.91. The summed E-state index contributed by atoms with van der Waals surface area (Å²) in [5.74, 6) is 0. The van der Waals surface area contributed by atoms with E-state index in [-0.39, 0.29) is 16.3 Å². The van der Waals surface area contributed by atoms with Gasteiger partial charge >= 0.3 is 5.69 Å². The van der Waals surface area contributed by atoms with Crippen LogP contribution in [-0.2, 0) is 23.4 Å². The summed E-state index contributed by atoms with van der Waals surface area (Å²) in [6, 6.07) is 4.34. The summed E-state index contributed by atoms with van der Waals surface area (Å²) in [6.45, 7) is 2.74. The third-order valence-electron chi connectivity index (χ3n) is 3.41.